The average Bonchev–Trinajstić information content (AvgIpc) is 2.83. The van der Waals surface area contributed by atoms with Crippen LogP contribution in [0, 0.1) is 6.92 Å². The molecule has 180 valence electrons. The smallest absolute Gasteiger partial charge is 0.243 e. The summed E-state index contributed by atoms with van der Waals surface area (Å²) in [4.78, 5) is 13.1. The van der Waals surface area contributed by atoms with Crippen LogP contribution >= 0.6 is 11.6 Å². The Labute approximate surface area is 205 Å². The number of anilines is 1. The second kappa shape index (κ2) is 11.4. The molecule has 0 unspecified atom stereocenters. The summed E-state index contributed by atoms with van der Waals surface area (Å²) in [6.07, 6.45) is 0.456. The van der Waals surface area contributed by atoms with Gasteiger partial charge in [-0.2, -0.15) is 4.31 Å². The largest absolute Gasteiger partial charge is 0.495 e. The summed E-state index contributed by atoms with van der Waals surface area (Å²) in [5.41, 5.74) is 2.23. The van der Waals surface area contributed by atoms with E-state index >= 15 is 0 Å². The van der Waals surface area contributed by atoms with Crippen molar-refractivity contribution in [1.29, 1.82) is 0 Å². The van der Waals surface area contributed by atoms with Crippen molar-refractivity contribution in [2.45, 2.75) is 18.2 Å². The molecular formula is C25H27ClN2O5S. The first kappa shape index (κ1) is 25.6. The summed E-state index contributed by atoms with van der Waals surface area (Å²) in [5.74, 6) is 0.161. The van der Waals surface area contributed by atoms with Crippen molar-refractivity contribution in [2.24, 2.45) is 0 Å². The molecule has 7 nitrogen and oxygen atoms in total. The highest BCUT2D eigenvalue weighted by Crippen LogP contribution is 2.35. The Morgan fingerprint density at radius 2 is 1.62 bits per heavy atom. The summed E-state index contributed by atoms with van der Waals surface area (Å²) in [5, 5.41) is 3.04. The molecule has 9 heteroatoms. The lowest BCUT2D eigenvalue weighted by molar-refractivity contribution is -0.116. The molecule has 0 fully saturated rings. The first-order valence-corrected chi connectivity index (χ1v) is 12.4. The lowest BCUT2D eigenvalue weighted by Crippen LogP contribution is -2.39. The molecule has 1 amide bonds. The zero-order chi connectivity index (χ0) is 24.7. The third-order valence-corrected chi connectivity index (χ3v) is 7.37. The Morgan fingerprint density at radius 3 is 2.24 bits per heavy atom. The number of rotatable bonds is 10. The van der Waals surface area contributed by atoms with E-state index in [0.29, 0.717) is 28.6 Å². The molecule has 34 heavy (non-hydrogen) atoms. The molecule has 0 heterocycles. The maximum absolute atomic E-state index is 13.4. The van der Waals surface area contributed by atoms with Crippen LogP contribution < -0.4 is 14.8 Å². The molecule has 0 saturated heterocycles. The van der Waals surface area contributed by atoms with Gasteiger partial charge in [0.25, 0.3) is 0 Å². The Bertz CT molecular complexity index is 1230. The molecule has 0 spiro atoms. The van der Waals surface area contributed by atoms with Crippen molar-refractivity contribution in [3.05, 3.63) is 82.9 Å². The van der Waals surface area contributed by atoms with E-state index in [4.69, 9.17) is 21.1 Å². The zero-order valence-corrected chi connectivity index (χ0v) is 20.8. The van der Waals surface area contributed by atoms with Gasteiger partial charge >= 0.3 is 0 Å². The summed E-state index contributed by atoms with van der Waals surface area (Å²) in [7, 11) is -1.01. The van der Waals surface area contributed by atoms with Crippen molar-refractivity contribution in [3.8, 4) is 11.5 Å². The predicted molar refractivity (Wildman–Crippen MR) is 133 cm³/mol. The highest BCUT2D eigenvalue weighted by atomic mass is 35.5. The standard InChI is InChI=1S/C25H27ClN2O5S/c1-18-9-11-20(12-10-18)34(30,31)28(14-13-19-7-5-4-6-8-19)17-25(29)27-22-16-23(32-2)21(26)15-24(22)33-3/h4-12,15-16H,13-14,17H2,1-3H3,(H,27,29). The van der Waals surface area contributed by atoms with Crippen LogP contribution in [0.4, 0.5) is 5.69 Å². The van der Waals surface area contributed by atoms with Crippen LogP contribution in [0.15, 0.2) is 71.6 Å². The predicted octanol–water partition coefficient (Wildman–Crippen LogP) is 4.54. The van der Waals surface area contributed by atoms with Gasteiger partial charge in [-0.15, -0.1) is 0 Å². The Kier molecular flexibility index (Phi) is 8.55. The average molecular weight is 503 g/mol. The molecule has 0 aliphatic carbocycles. The molecule has 1 N–H and O–H groups in total. The van der Waals surface area contributed by atoms with Crippen molar-refractivity contribution >= 4 is 33.2 Å². The second-order valence-electron chi connectivity index (χ2n) is 7.62. The maximum atomic E-state index is 13.4. The number of amides is 1. The topological polar surface area (TPSA) is 84.9 Å². The molecule has 0 saturated carbocycles. The lowest BCUT2D eigenvalue weighted by atomic mass is 10.1. The summed E-state index contributed by atoms with van der Waals surface area (Å²) < 4.78 is 38.5. The van der Waals surface area contributed by atoms with Crippen molar-refractivity contribution < 1.29 is 22.7 Å². The lowest BCUT2D eigenvalue weighted by Gasteiger charge is -2.22. The van der Waals surface area contributed by atoms with Crippen LogP contribution in [-0.2, 0) is 21.2 Å². The highest BCUT2D eigenvalue weighted by Gasteiger charge is 2.27. The van der Waals surface area contributed by atoms with E-state index in [2.05, 4.69) is 5.32 Å². The quantitative estimate of drug-likeness (QED) is 0.440. The molecular weight excluding hydrogens is 476 g/mol. The third-order valence-electron chi connectivity index (χ3n) is 5.22. The van der Waals surface area contributed by atoms with Crippen LogP contribution in [0.2, 0.25) is 5.02 Å². The molecule has 3 aromatic rings. The monoisotopic (exact) mass is 502 g/mol. The van der Waals surface area contributed by atoms with Gasteiger partial charge in [0.05, 0.1) is 36.4 Å². The zero-order valence-electron chi connectivity index (χ0n) is 19.2. The number of methoxy groups -OCH3 is 2. The minimum absolute atomic E-state index is 0.129. The molecule has 0 aliphatic heterocycles. The third kappa shape index (κ3) is 6.28. The van der Waals surface area contributed by atoms with E-state index < -0.39 is 15.9 Å². The number of halogens is 1. The number of hydrogen-bond donors (Lipinski definition) is 1. The minimum Gasteiger partial charge on any atom is -0.495 e. The van der Waals surface area contributed by atoms with Gasteiger partial charge in [-0.1, -0.05) is 59.6 Å². The Balaban J connectivity index is 1.86. The van der Waals surface area contributed by atoms with Gasteiger partial charge in [-0.3, -0.25) is 4.79 Å². The number of carbonyl (C=O) groups excluding carboxylic acids is 1. The van der Waals surface area contributed by atoms with Gasteiger partial charge in [0.1, 0.15) is 11.5 Å². The number of carbonyl (C=O) groups is 1. The van der Waals surface area contributed by atoms with E-state index in [0.717, 1.165) is 11.1 Å². The molecule has 0 radical (unpaired) electrons. The molecule has 0 atom stereocenters. The van der Waals surface area contributed by atoms with Gasteiger partial charge in [0, 0.05) is 18.7 Å². The van der Waals surface area contributed by atoms with Gasteiger partial charge in [0.2, 0.25) is 15.9 Å². The van der Waals surface area contributed by atoms with Gasteiger partial charge in [-0.05, 0) is 31.0 Å². The Morgan fingerprint density at radius 1 is 0.971 bits per heavy atom. The van der Waals surface area contributed by atoms with Gasteiger partial charge in [0.15, 0.2) is 0 Å². The summed E-state index contributed by atoms with van der Waals surface area (Å²) in [6, 6.07) is 19.1. The number of hydrogen-bond acceptors (Lipinski definition) is 5. The summed E-state index contributed by atoms with van der Waals surface area (Å²) >= 11 is 6.13. The van der Waals surface area contributed by atoms with Crippen molar-refractivity contribution in [2.75, 3.05) is 32.6 Å². The second-order valence-corrected chi connectivity index (χ2v) is 9.97. The fourth-order valence-electron chi connectivity index (χ4n) is 3.35. The summed E-state index contributed by atoms with van der Waals surface area (Å²) in [6.45, 7) is 1.64. The van der Waals surface area contributed by atoms with E-state index in [1.807, 2.05) is 37.3 Å². The number of ether oxygens (including phenoxy) is 2. The SMILES string of the molecule is COc1cc(NC(=O)CN(CCc2ccccc2)S(=O)(=O)c2ccc(C)cc2)c(OC)cc1Cl. The molecule has 3 aromatic carbocycles. The van der Waals surface area contributed by atoms with Crippen molar-refractivity contribution in [1.82, 2.24) is 4.31 Å². The normalized spacial score (nSPS) is 11.3. The van der Waals surface area contributed by atoms with Crippen LogP contribution in [0.5, 0.6) is 11.5 Å². The van der Waals surface area contributed by atoms with Crippen LogP contribution in [0.25, 0.3) is 0 Å². The van der Waals surface area contributed by atoms with Crippen LogP contribution in [0.1, 0.15) is 11.1 Å². The Hall–Kier alpha value is -3.07. The first-order valence-electron chi connectivity index (χ1n) is 10.6. The minimum atomic E-state index is -3.92. The molecule has 0 aromatic heterocycles. The van der Waals surface area contributed by atoms with Gasteiger partial charge < -0.3 is 14.8 Å². The fraction of sp³-hybridized carbons (Fsp3) is 0.240. The first-order chi connectivity index (χ1) is 16.2. The van der Waals surface area contributed by atoms with E-state index in [1.165, 1.54) is 30.7 Å². The maximum Gasteiger partial charge on any atom is 0.243 e. The number of sulfonamides is 1. The van der Waals surface area contributed by atoms with Crippen LogP contribution in [-0.4, -0.2) is 45.9 Å². The van der Waals surface area contributed by atoms with E-state index in [9.17, 15) is 13.2 Å². The highest BCUT2D eigenvalue weighted by molar-refractivity contribution is 7.89. The van der Waals surface area contributed by atoms with E-state index in [1.54, 1.807) is 24.3 Å². The van der Waals surface area contributed by atoms with Crippen LogP contribution in [0.3, 0.4) is 0 Å². The van der Waals surface area contributed by atoms with Crippen molar-refractivity contribution in [3.63, 3.8) is 0 Å². The number of nitrogens with zero attached hydrogens (tertiary/aromatic N) is 1. The fourth-order valence-corrected chi connectivity index (χ4v) is 4.98. The van der Waals surface area contributed by atoms with E-state index in [-0.39, 0.29) is 18.0 Å². The molecule has 3 rings (SSSR count). The molecule has 0 bridgehead atoms. The number of aryl methyl sites for hydroxylation is 1. The van der Waals surface area contributed by atoms with Gasteiger partial charge in [-0.25, -0.2) is 8.42 Å². The molecule has 0 aliphatic rings. The number of benzene rings is 3. The number of nitrogens with one attached hydrogen (secondary N) is 1.